The summed E-state index contributed by atoms with van der Waals surface area (Å²) in [6, 6.07) is 0. The van der Waals surface area contributed by atoms with Crippen molar-refractivity contribution in [2.75, 3.05) is 0 Å². The van der Waals surface area contributed by atoms with Gasteiger partial charge in [-0.15, -0.1) is 5.76 Å². The smallest absolute Gasteiger partial charge is 0.876 e. The van der Waals surface area contributed by atoms with Crippen LogP contribution in [0.25, 0.3) is 0 Å². The average molecular weight is 194 g/mol. The minimum absolute atomic E-state index is 0. The standard InChI is InChI=1S/C5H8O2.Ni.2H2O/c1-4(6)3-5(2)7;;;/h3,6H,1-2H3;;2*1H2/q;+2;;/p-1/b4-3-;;;. The Morgan fingerprint density at radius 2 is 1.60 bits per heavy atom. The van der Waals surface area contributed by atoms with Crippen molar-refractivity contribution >= 4 is 5.78 Å². The maximum atomic E-state index is 9.98. The molecule has 0 aromatic carbocycles. The summed E-state index contributed by atoms with van der Waals surface area (Å²) in [6.45, 7) is 2.70. The van der Waals surface area contributed by atoms with E-state index in [9.17, 15) is 9.90 Å². The van der Waals surface area contributed by atoms with Crippen LogP contribution < -0.4 is 5.11 Å². The van der Waals surface area contributed by atoms with Crippen molar-refractivity contribution in [3.8, 4) is 0 Å². The second kappa shape index (κ2) is 11.4. The largest absolute Gasteiger partial charge is 2.00 e. The van der Waals surface area contributed by atoms with Crippen LogP contribution in [-0.2, 0) is 21.3 Å². The molecule has 0 atom stereocenters. The Labute approximate surface area is 69.5 Å². The molecule has 0 saturated carbocycles. The molecule has 0 radical (unpaired) electrons. The van der Waals surface area contributed by atoms with Crippen molar-refractivity contribution in [3.63, 3.8) is 0 Å². The van der Waals surface area contributed by atoms with Gasteiger partial charge in [-0.05, 0) is 13.0 Å². The van der Waals surface area contributed by atoms with Crippen LogP contribution in [0.5, 0.6) is 0 Å². The van der Waals surface area contributed by atoms with Gasteiger partial charge >= 0.3 is 16.5 Å². The van der Waals surface area contributed by atoms with Gasteiger partial charge in [0.1, 0.15) is 0 Å². The Hall–Kier alpha value is -0.376. The predicted molar refractivity (Wildman–Crippen MR) is 31.7 cm³/mol. The van der Waals surface area contributed by atoms with Crippen molar-refractivity contribution in [1.82, 2.24) is 0 Å². The minimum atomic E-state index is -0.187. The maximum absolute atomic E-state index is 9.98. The molecular formula is C5H11NiO4+. The molecule has 0 aliphatic rings. The van der Waals surface area contributed by atoms with Gasteiger partial charge in [-0.25, -0.2) is 0 Å². The van der Waals surface area contributed by atoms with E-state index in [0.717, 1.165) is 6.08 Å². The predicted octanol–water partition coefficient (Wildman–Crippen LogP) is -1.81. The van der Waals surface area contributed by atoms with E-state index in [1.807, 2.05) is 0 Å². The Morgan fingerprint density at radius 1 is 1.30 bits per heavy atom. The summed E-state index contributed by atoms with van der Waals surface area (Å²) < 4.78 is 0. The number of rotatable bonds is 1. The van der Waals surface area contributed by atoms with Crippen LogP contribution in [0.15, 0.2) is 11.8 Å². The zero-order valence-electron chi connectivity index (χ0n) is 5.71. The summed E-state index contributed by atoms with van der Waals surface area (Å²) in [5, 5.41) is 9.98. The van der Waals surface area contributed by atoms with Gasteiger partial charge < -0.3 is 16.1 Å². The van der Waals surface area contributed by atoms with Crippen LogP contribution in [0.4, 0.5) is 0 Å². The molecule has 0 aromatic heterocycles. The number of carbonyl (C=O) groups is 1. The Balaban J connectivity index is -0.0000000600. The van der Waals surface area contributed by atoms with E-state index in [1.165, 1.54) is 13.8 Å². The molecule has 10 heavy (non-hydrogen) atoms. The summed E-state index contributed by atoms with van der Waals surface area (Å²) >= 11 is 0. The van der Waals surface area contributed by atoms with Gasteiger partial charge in [-0.3, -0.25) is 4.79 Å². The van der Waals surface area contributed by atoms with E-state index >= 15 is 0 Å². The summed E-state index contributed by atoms with van der Waals surface area (Å²) in [5.74, 6) is -0.375. The number of carbonyl (C=O) groups excluding carboxylic acids is 1. The average Bonchev–Trinajstić information content (AvgIpc) is 1.27. The molecule has 5 heteroatoms. The van der Waals surface area contributed by atoms with E-state index in [1.54, 1.807) is 0 Å². The summed E-state index contributed by atoms with van der Waals surface area (Å²) in [6.07, 6.45) is 1.06. The number of ketones is 1. The number of hydrogen-bond donors (Lipinski definition) is 0. The number of allylic oxidation sites excluding steroid dienone is 2. The van der Waals surface area contributed by atoms with E-state index in [2.05, 4.69) is 0 Å². The van der Waals surface area contributed by atoms with Crippen LogP contribution in [0.1, 0.15) is 13.8 Å². The van der Waals surface area contributed by atoms with Crippen LogP contribution in [0.3, 0.4) is 0 Å². The third-order valence-electron chi connectivity index (χ3n) is 0.407. The molecule has 0 aliphatic heterocycles. The van der Waals surface area contributed by atoms with E-state index in [4.69, 9.17) is 0 Å². The summed E-state index contributed by atoms with van der Waals surface area (Å²) in [5.41, 5.74) is 0. The molecule has 64 valence electrons. The van der Waals surface area contributed by atoms with E-state index in [-0.39, 0.29) is 39.0 Å². The molecule has 0 rings (SSSR count). The maximum Gasteiger partial charge on any atom is 2.00 e. The van der Waals surface area contributed by atoms with Crippen LogP contribution in [-0.4, -0.2) is 16.7 Å². The van der Waals surface area contributed by atoms with Gasteiger partial charge in [0.05, 0.1) is 0 Å². The Bertz CT molecular complexity index is 106. The molecular weight excluding hydrogens is 183 g/mol. The molecule has 0 saturated heterocycles. The van der Waals surface area contributed by atoms with Gasteiger partial charge in [0, 0.05) is 0 Å². The monoisotopic (exact) mass is 193 g/mol. The first kappa shape index (κ1) is 22.6. The molecule has 0 amide bonds. The zero-order chi connectivity index (χ0) is 5.86. The molecule has 0 heterocycles. The minimum Gasteiger partial charge on any atom is -0.876 e. The zero-order valence-corrected chi connectivity index (χ0v) is 6.70. The topological polar surface area (TPSA) is 103 Å². The Kier molecular flexibility index (Phi) is 25.9. The van der Waals surface area contributed by atoms with Crippen molar-refractivity contribution in [1.29, 1.82) is 0 Å². The van der Waals surface area contributed by atoms with Crippen LogP contribution >= 0.6 is 0 Å². The van der Waals surface area contributed by atoms with E-state index in [0.29, 0.717) is 0 Å². The molecule has 0 aromatic rings. The van der Waals surface area contributed by atoms with Crippen LogP contribution in [0, 0.1) is 0 Å². The fourth-order valence-corrected chi connectivity index (χ4v) is 0.286. The summed E-state index contributed by atoms with van der Waals surface area (Å²) in [4.78, 5) is 9.98. The first-order valence-electron chi connectivity index (χ1n) is 1.99. The van der Waals surface area contributed by atoms with Gasteiger partial charge in [0.2, 0.25) is 0 Å². The molecule has 0 aliphatic carbocycles. The Morgan fingerprint density at radius 3 is 1.60 bits per heavy atom. The van der Waals surface area contributed by atoms with Crippen molar-refractivity contribution < 1.29 is 37.3 Å². The molecule has 4 nitrogen and oxygen atoms in total. The van der Waals surface area contributed by atoms with Crippen molar-refractivity contribution in [2.24, 2.45) is 0 Å². The molecule has 4 N–H and O–H groups in total. The molecule has 0 spiro atoms. The van der Waals surface area contributed by atoms with Gasteiger partial charge in [-0.2, -0.15) is 0 Å². The van der Waals surface area contributed by atoms with Gasteiger partial charge in [0.15, 0.2) is 5.78 Å². The SMILES string of the molecule is CC(=O)/C=C(/C)[O-].O.O.[Ni+2]. The fourth-order valence-electron chi connectivity index (χ4n) is 0.286. The van der Waals surface area contributed by atoms with E-state index < -0.39 is 0 Å². The molecule has 0 bridgehead atoms. The first-order chi connectivity index (χ1) is 3.13. The first-order valence-corrected chi connectivity index (χ1v) is 1.99. The normalized spacial score (nSPS) is 8.00. The van der Waals surface area contributed by atoms with Crippen molar-refractivity contribution in [3.05, 3.63) is 11.8 Å². The third kappa shape index (κ3) is 25.5. The molecule has 0 unspecified atom stereocenters. The van der Waals surface area contributed by atoms with Gasteiger partial charge in [-0.1, -0.05) is 6.92 Å². The molecule has 0 fully saturated rings. The fraction of sp³-hybridized carbons (Fsp3) is 0.400. The summed E-state index contributed by atoms with van der Waals surface area (Å²) in [7, 11) is 0. The third-order valence-corrected chi connectivity index (χ3v) is 0.407. The van der Waals surface area contributed by atoms with Gasteiger partial charge in [0.25, 0.3) is 0 Å². The van der Waals surface area contributed by atoms with Crippen LogP contribution in [0.2, 0.25) is 0 Å². The quantitative estimate of drug-likeness (QED) is 0.278. The second-order valence-corrected chi connectivity index (χ2v) is 1.37. The second-order valence-electron chi connectivity index (χ2n) is 1.37. The number of hydrogen-bond acceptors (Lipinski definition) is 2. The van der Waals surface area contributed by atoms with Crippen molar-refractivity contribution in [2.45, 2.75) is 13.8 Å².